The summed E-state index contributed by atoms with van der Waals surface area (Å²) >= 11 is 0. The van der Waals surface area contributed by atoms with Gasteiger partial charge in [-0.05, 0) is 41.2 Å². The predicted molar refractivity (Wildman–Crippen MR) is 107 cm³/mol. The van der Waals surface area contributed by atoms with Gasteiger partial charge in [0.15, 0.2) is 6.61 Å². The summed E-state index contributed by atoms with van der Waals surface area (Å²) in [6.07, 6.45) is 1.08. The van der Waals surface area contributed by atoms with E-state index in [4.69, 9.17) is 4.74 Å². The zero-order valence-corrected chi connectivity index (χ0v) is 16.3. The predicted octanol–water partition coefficient (Wildman–Crippen LogP) is 3.91. The van der Waals surface area contributed by atoms with Crippen molar-refractivity contribution in [1.82, 2.24) is 0 Å². The van der Waals surface area contributed by atoms with Gasteiger partial charge in [0.2, 0.25) is 5.91 Å². The lowest BCUT2D eigenvalue weighted by atomic mass is 9.86. The molecule has 2 amide bonds. The molecule has 1 aliphatic rings. The number of aryl methyl sites for hydroxylation is 1. The minimum Gasteiger partial charge on any atom is -0.482 e. The molecule has 0 aromatic heterocycles. The fourth-order valence-electron chi connectivity index (χ4n) is 3.00. The lowest BCUT2D eigenvalue weighted by Gasteiger charge is -2.26. The van der Waals surface area contributed by atoms with Crippen molar-refractivity contribution in [3.8, 4) is 5.75 Å². The number of amides is 2. The van der Waals surface area contributed by atoms with Crippen molar-refractivity contribution < 1.29 is 14.3 Å². The first-order valence-corrected chi connectivity index (χ1v) is 9.17. The van der Waals surface area contributed by atoms with Gasteiger partial charge in [-0.25, -0.2) is 0 Å². The molecule has 0 fully saturated rings. The number of ether oxygens (including phenoxy) is 1. The molecule has 0 bridgehead atoms. The second kappa shape index (κ2) is 7.43. The highest BCUT2D eigenvalue weighted by Crippen LogP contribution is 2.33. The van der Waals surface area contributed by atoms with Crippen LogP contribution in [0.1, 0.15) is 38.3 Å². The van der Waals surface area contributed by atoms with E-state index in [0.29, 0.717) is 30.0 Å². The van der Waals surface area contributed by atoms with Gasteiger partial charge in [-0.3, -0.25) is 9.59 Å². The molecule has 0 spiro atoms. The van der Waals surface area contributed by atoms with Crippen LogP contribution in [0.2, 0.25) is 0 Å². The highest BCUT2D eigenvalue weighted by atomic mass is 16.5. The minimum atomic E-state index is -0.107. The number of fused-ring (bicyclic) bond motifs is 1. The number of rotatable bonds is 4. The van der Waals surface area contributed by atoms with Gasteiger partial charge >= 0.3 is 0 Å². The monoisotopic (exact) mass is 366 g/mol. The molecule has 1 N–H and O–H groups in total. The summed E-state index contributed by atoms with van der Waals surface area (Å²) in [5.41, 5.74) is 3.88. The lowest BCUT2D eigenvalue weighted by Crippen LogP contribution is -2.35. The summed E-state index contributed by atoms with van der Waals surface area (Å²) in [5, 5.41) is 2.90. The van der Waals surface area contributed by atoms with Gasteiger partial charge in [0.25, 0.3) is 5.91 Å². The zero-order valence-electron chi connectivity index (χ0n) is 16.3. The number of benzene rings is 2. The Morgan fingerprint density at radius 1 is 1.15 bits per heavy atom. The average Bonchev–Trinajstić information content (AvgIpc) is 2.63. The van der Waals surface area contributed by atoms with Gasteiger partial charge < -0.3 is 15.0 Å². The van der Waals surface area contributed by atoms with E-state index in [1.807, 2.05) is 0 Å². The average molecular weight is 366 g/mol. The summed E-state index contributed by atoms with van der Waals surface area (Å²) in [6.45, 7) is 6.60. The molecule has 2 aromatic carbocycles. The van der Waals surface area contributed by atoms with Gasteiger partial charge in [0, 0.05) is 19.2 Å². The van der Waals surface area contributed by atoms with E-state index in [9.17, 15) is 9.59 Å². The van der Waals surface area contributed by atoms with Crippen LogP contribution < -0.4 is 15.0 Å². The Balaban J connectivity index is 1.59. The molecule has 1 heterocycles. The number of nitrogens with zero attached hydrogens (tertiary/aromatic N) is 1. The van der Waals surface area contributed by atoms with E-state index in [0.717, 1.165) is 5.56 Å². The highest BCUT2D eigenvalue weighted by molar-refractivity contribution is 5.99. The molecule has 0 saturated heterocycles. The Morgan fingerprint density at radius 3 is 2.52 bits per heavy atom. The van der Waals surface area contributed by atoms with E-state index in [1.54, 1.807) is 30.1 Å². The molecule has 27 heavy (non-hydrogen) atoms. The quantitative estimate of drug-likeness (QED) is 0.892. The van der Waals surface area contributed by atoms with Crippen molar-refractivity contribution in [2.45, 2.75) is 39.0 Å². The van der Waals surface area contributed by atoms with Crippen LogP contribution in [0.15, 0.2) is 42.5 Å². The molecule has 0 radical (unpaired) electrons. The van der Waals surface area contributed by atoms with E-state index in [1.165, 1.54) is 5.56 Å². The van der Waals surface area contributed by atoms with Crippen LogP contribution in [0.3, 0.4) is 0 Å². The number of hydrogen-bond acceptors (Lipinski definition) is 3. The Kier molecular flexibility index (Phi) is 5.22. The first-order chi connectivity index (χ1) is 12.7. The number of carbonyl (C=O) groups excluding carboxylic acids is 2. The molecule has 2 aromatic rings. The molecular formula is C22H26N2O3. The van der Waals surface area contributed by atoms with Crippen LogP contribution in [-0.2, 0) is 21.4 Å². The molecule has 3 rings (SSSR count). The maximum absolute atomic E-state index is 12.3. The van der Waals surface area contributed by atoms with Gasteiger partial charge in [-0.15, -0.1) is 0 Å². The second-order valence-corrected chi connectivity index (χ2v) is 7.92. The molecule has 0 aliphatic carbocycles. The minimum absolute atomic E-state index is 0.0449. The first-order valence-electron chi connectivity index (χ1n) is 9.17. The number of likely N-dealkylation sites (N-methyl/N-ethyl adjacent to an activating group) is 1. The number of hydrogen-bond donors (Lipinski definition) is 1. The van der Waals surface area contributed by atoms with Crippen molar-refractivity contribution in [2.24, 2.45) is 0 Å². The molecular weight excluding hydrogens is 340 g/mol. The van der Waals surface area contributed by atoms with Crippen LogP contribution in [-0.4, -0.2) is 25.5 Å². The SMILES string of the molecule is CN1C(=O)COc2ccc(NC(=O)CCc3ccc(C(C)(C)C)cc3)cc21. The second-order valence-electron chi connectivity index (χ2n) is 7.92. The molecule has 5 heteroatoms. The molecule has 0 saturated carbocycles. The van der Waals surface area contributed by atoms with E-state index in [2.05, 4.69) is 50.4 Å². The lowest BCUT2D eigenvalue weighted by molar-refractivity contribution is -0.121. The maximum atomic E-state index is 12.3. The van der Waals surface area contributed by atoms with Crippen LogP contribution in [0.4, 0.5) is 11.4 Å². The van der Waals surface area contributed by atoms with Crippen molar-refractivity contribution >= 4 is 23.2 Å². The Morgan fingerprint density at radius 2 is 1.85 bits per heavy atom. The van der Waals surface area contributed by atoms with Gasteiger partial charge in [-0.1, -0.05) is 45.0 Å². The zero-order chi connectivity index (χ0) is 19.6. The van der Waals surface area contributed by atoms with Crippen LogP contribution in [0, 0.1) is 0 Å². The van der Waals surface area contributed by atoms with Crippen molar-refractivity contribution in [3.63, 3.8) is 0 Å². The van der Waals surface area contributed by atoms with E-state index < -0.39 is 0 Å². The van der Waals surface area contributed by atoms with Crippen LogP contribution >= 0.6 is 0 Å². The number of carbonyl (C=O) groups is 2. The maximum Gasteiger partial charge on any atom is 0.264 e. The Hall–Kier alpha value is -2.82. The van der Waals surface area contributed by atoms with Crippen molar-refractivity contribution in [2.75, 3.05) is 23.9 Å². The third kappa shape index (κ3) is 4.48. The van der Waals surface area contributed by atoms with E-state index >= 15 is 0 Å². The molecule has 5 nitrogen and oxygen atoms in total. The van der Waals surface area contributed by atoms with Crippen LogP contribution in [0.25, 0.3) is 0 Å². The highest BCUT2D eigenvalue weighted by Gasteiger charge is 2.22. The molecule has 142 valence electrons. The molecule has 0 atom stereocenters. The summed E-state index contributed by atoms with van der Waals surface area (Å²) in [6, 6.07) is 13.8. The standard InChI is InChI=1S/C22H26N2O3/c1-22(2,3)16-8-5-15(6-9-16)7-12-20(25)23-17-10-11-19-18(13-17)24(4)21(26)14-27-19/h5-6,8-11,13H,7,12,14H2,1-4H3,(H,23,25). The van der Waals surface area contributed by atoms with Crippen LogP contribution in [0.5, 0.6) is 5.75 Å². The summed E-state index contributed by atoms with van der Waals surface area (Å²) in [4.78, 5) is 25.6. The fraction of sp³-hybridized carbons (Fsp3) is 0.364. The number of anilines is 2. The van der Waals surface area contributed by atoms with Gasteiger partial charge in [-0.2, -0.15) is 0 Å². The molecule has 1 aliphatic heterocycles. The number of nitrogens with one attached hydrogen (secondary N) is 1. The first kappa shape index (κ1) is 19.0. The summed E-state index contributed by atoms with van der Waals surface area (Å²) < 4.78 is 5.40. The smallest absolute Gasteiger partial charge is 0.264 e. The fourth-order valence-corrected chi connectivity index (χ4v) is 3.00. The normalized spacial score (nSPS) is 13.8. The van der Waals surface area contributed by atoms with Gasteiger partial charge in [0.1, 0.15) is 5.75 Å². The van der Waals surface area contributed by atoms with Crippen molar-refractivity contribution in [1.29, 1.82) is 0 Å². The van der Waals surface area contributed by atoms with Crippen molar-refractivity contribution in [3.05, 3.63) is 53.6 Å². The third-order valence-corrected chi connectivity index (χ3v) is 4.79. The Labute approximate surface area is 160 Å². The third-order valence-electron chi connectivity index (χ3n) is 4.79. The van der Waals surface area contributed by atoms with Gasteiger partial charge in [0.05, 0.1) is 5.69 Å². The van der Waals surface area contributed by atoms with E-state index in [-0.39, 0.29) is 23.8 Å². The Bertz CT molecular complexity index is 851. The molecule has 0 unspecified atom stereocenters. The topological polar surface area (TPSA) is 58.6 Å². The summed E-state index contributed by atoms with van der Waals surface area (Å²) in [5.74, 6) is 0.485. The largest absolute Gasteiger partial charge is 0.482 e. The summed E-state index contributed by atoms with van der Waals surface area (Å²) in [7, 11) is 1.70.